The molecule has 6 aromatic carbocycles. The van der Waals surface area contributed by atoms with E-state index in [0.717, 1.165) is 17.3 Å². The third kappa shape index (κ3) is 2.74. The Labute approximate surface area is 306 Å². The molecule has 14 rings (SSSR count). The first-order valence-corrected chi connectivity index (χ1v) is 22.6. The first kappa shape index (κ1) is 27.2. The van der Waals surface area contributed by atoms with Gasteiger partial charge in [-0.25, -0.2) is 0 Å². The third-order valence-electron chi connectivity index (χ3n) is 12.8. The summed E-state index contributed by atoms with van der Waals surface area (Å²) in [6, 6.07) is 59.3. The second-order valence-corrected chi connectivity index (χ2v) is 22.7. The number of para-hydroxylation sites is 2. The van der Waals surface area contributed by atoms with Gasteiger partial charge in [-0.15, -0.1) is 0 Å². The molecule has 4 aromatic heterocycles. The molecule has 0 saturated heterocycles. The monoisotopic (exact) mass is 738 g/mol. The molecule has 8 heterocycles. The molecule has 0 fully saturated rings. The Morgan fingerprint density at radius 1 is 0.453 bits per heavy atom. The molecule has 4 aliphatic rings. The van der Waals surface area contributed by atoms with Crippen LogP contribution in [0, 0.1) is 0 Å². The van der Waals surface area contributed by atoms with Gasteiger partial charge in [0.1, 0.15) is 0 Å². The van der Waals surface area contributed by atoms with Gasteiger partial charge in [0.15, 0.2) is 0 Å². The maximum atomic E-state index is 7.11. The van der Waals surface area contributed by atoms with Gasteiger partial charge in [-0.2, -0.15) is 0 Å². The summed E-state index contributed by atoms with van der Waals surface area (Å²) < 4.78 is 23.2. The summed E-state index contributed by atoms with van der Waals surface area (Å²) in [5.41, 5.74) is 6.60. The van der Waals surface area contributed by atoms with Crippen LogP contribution in [0.2, 0.25) is 0 Å². The molecule has 1 unspecified atom stereocenters. The van der Waals surface area contributed by atoms with Crippen molar-refractivity contribution in [3.8, 4) is 23.1 Å². The predicted octanol–water partition coefficient (Wildman–Crippen LogP) is 6.18. The van der Waals surface area contributed by atoms with Crippen LogP contribution in [0.25, 0.3) is 55.2 Å². The molecule has 5 nitrogen and oxygen atoms in total. The molecule has 0 radical (unpaired) electrons. The zero-order chi connectivity index (χ0) is 34.2. The van der Waals surface area contributed by atoms with Gasteiger partial charge in [0.05, 0.1) is 0 Å². The first-order chi connectivity index (χ1) is 26.3. The van der Waals surface area contributed by atoms with E-state index in [2.05, 4.69) is 188 Å². The Morgan fingerprint density at radius 2 is 1.06 bits per heavy atom. The molecule has 10 aromatic rings. The van der Waals surface area contributed by atoms with E-state index >= 15 is 0 Å². The van der Waals surface area contributed by atoms with Crippen molar-refractivity contribution in [1.82, 2.24) is 9.13 Å². The first-order valence-electron chi connectivity index (χ1n) is 18.4. The molecule has 4 aliphatic heterocycles. The van der Waals surface area contributed by atoms with Gasteiger partial charge in [0.25, 0.3) is 0 Å². The summed E-state index contributed by atoms with van der Waals surface area (Å²) in [4.78, 5) is 0. The molecule has 6 heteroatoms. The van der Waals surface area contributed by atoms with Crippen molar-refractivity contribution in [2.24, 2.45) is 0 Å². The maximum absolute atomic E-state index is 7.11. The average Bonchev–Trinajstić information content (AvgIpc) is 3.75. The number of ether oxygens (including phenoxy) is 1. The number of fused-ring (bicyclic) bond motifs is 6. The molecular formula is C47H28GeN4O+2. The Balaban J connectivity index is 1.30. The molecule has 0 amide bonds. The number of nitrogens with zero attached hydrogens (tertiary/aromatic N) is 4. The van der Waals surface area contributed by atoms with E-state index in [4.69, 9.17) is 4.74 Å². The van der Waals surface area contributed by atoms with E-state index in [9.17, 15) is 0 Å². The quantitative estimate of drug-likeness (QED) is 0.154. The normalized spacial score (nSPS) is 17.4. The van der Waals surface area contributed by atoms with Gasteiger partial charge < -0.3 is 0 Å². The Hall–Kier alpha value is -6.44. The molecule has 0 bridgehead atoms. The Kier molecular flexibility index (Phi) is 4.60. The standard InChI is InChI=1S/C47H28GeN4O/c1-3-13-29(14-4-1)48(30-15-5-2-6-16-30)35-19-11-18-32-34-24-26-39-42-45(34)52(43(32)35)46-36(48)20-12-28-50(46)47(42)41-38(53-39)25-23-33-31-17-7-8-21-37(31)51(44(33)41)40-22-9-10-27-49(40)47/h1-28H/q+2. The van der Waals surface area contributed by atoms with E-state index in [1.54, 1.807) is 0 Å². The fraction of sp³-hybridized carbons (Fsp3) is 0.0213. The second kappa shape index (κ2) is 8.95. The number of aromatic nitrogens is 4. The predicted molar refractivity (Wildman–Crippen MR) is 211 cm³/mol. The van der Waals surface area contributed by atoms with E-state index in [-0.39, 0.29) is 0 Å². The molecule has 1 spiro atoms. The fourth-order valence-corrected chi connectivity index (χ4v) is 21.8. The van der Waals surface area contributed by atoms with Crippen molar-refractivity contribution in [2.75, 3.05) is 0 Å². The van der Waals surface area contributed by atoms with Crippen LogP contribution in [-0.2, 0) is 5.66 Å². The fourth-order valence-electron chi connectivity index (χ4n) is 11.1. The van der Waals surface area contributed by atoms with Crippen LogP contribution >= 0.6 is 0 Å². The summed E-state index contributed by atoms with van der Waals surface area (Å²) in [6.45, 7) is 0. The average molecular weight is 737 g/mol. The second-order valence-electron chi connectivity index (χ2n) is 14.9. The van der Waals surface area contributed by atoms with E-state index in [1.165, 1.54) is 78.1 Å². The zero-order valence-corrected chi connectivity index (χ0v) is 30.5. The van der Waals surface area contributed by atoms with Crippen LogP contribution in [0.5, 0.6) is 11.5 Å². The summed E-state index contributed by atoms with van der Waals surface area (Å²) in [7, 11) is 0. The van der Waals surface area contributed by atoms with Gasteiger partial charge in [-0.05, 0) is 0 Å². The Bertz CT molecular complexity index is 3290. The summed E-state index contributed by atoms with van der Waals surface area (Å²) >= 11 is -3.70. The van der Waals surface area contributed by atoms with Crippen LogP contribution in [0.15, 0.2) is 170 Å². The van der Waals surface area contributed by atoms with Gasteiger partial charge in [0.2, 0.25) is 0 Å². The zero-order valence-electron chi connectivity index (χ0n) is 28.4. The number of hydrogen-bond acceptors (Lipinski definition) is 1. The van der Waals surface area contributed by atoms with Crippen LogP contribution in [-0.4, -0.2) is 22.4 Å². The number of pyridine rings is 2. The van der Waals surface area contributed by atoms with Crippen molar-refractivity contribution in [1.29, 1.82) is 0 Å². The van der Waals surface area contributed by atoms with Crippen LogP contribution in [0.1, 0.15) is 11.1 Å². The van der Waals surface area contributed by atoms with E-state index < -0.39 is 18.9 Å². The minimum absolute atomic E-state index is 0.766. The van der Waals surface area contributed by atoms with Crippen molar-refractivity contribution >= 4 is 74.5 Å². The number of hydrogen-bond donors (Lipinski definition) is 0. The van der Waals surface area contributed by atoms with Crippen molar-refractivity contribution in [2.45, 2.75) is 5.66 Å². The topological polar surface area (TPSA) is 26.8 Å². The number of rotatable bonds is 2. The molecule has 0 aliphatic carbocycles. The van der Waals surface area contributed by atoms with Crippen molar-refractivity contribution in [3.05, 3.63) is 181 Å². The molecule has 0 saturated carbocycles. The molecular weight excluding hydrogens is 709 g/mol. The van der Waals surface area contributed by atoms with Crippen LogP contribution < -0.4 is 31.5 Å². The SMILES string of the molecule is c1cc[c]([Ge]2([c]3ccccc3)[c]3ccc[n+]4c3-n3c5[c]2cccc5c2ccc5c(c23)C42c3c(ccc4c6ccccc6n(c34)-c3cccc[n+]32)O5)cc1. The number of benzene rings is 6. The summed E-state index contributed by atoms with van der Waals surface area (Å²) in [5, 5.41) is 5.06. The molecule has 1 atom stereocenters. The summed E-state index contributed by atoms with van der Waals surface area (Å²) in [6.07, 6.45) is 4.65. The molecule has 53 heavy (non-hydrogen) atoms. The van der Waals surface area contributed by atoms with Gasteiger partial charge in [0, 0.05) is 0 Å². The van der Waals surface area contributed by atoms with Gasteiger partial charge in [-0.1, -0.05) is 0 Å². The van der Waals surface area contributed by atoms with Crippen molar-refractivity contribution in [3.63, 3.8) is 0 Å². The Morgan fingerprint density at radius 3 is 1.83 bits per heavy atom. The van der Waals surface area contributed by atoms with Gasteiger partial charge in [-0.3, -0.25) is 0 Å². The van der Waals surface area contributed by atoms with Crippen LogP contribution in [0.4, 0.5) is 0 Å². The summed E-state index contributed by atoms with van der Waals surface area (Å²) in [5.74, 6) is 4.21. The molecule has 0 N–H and O–H groups in total. The van der Waals surface area contributed by atoms with E-state index in [1.807, 2.05) is 0 Å². The van der Waals surface area contributed by atoms with Gasteiger partial charge >= 0.3 is 308 Å². The third-order valence-corrected chi connectivity index (χ3v) is 22.9. The van der Waals surface area contributed by atoms with Crippen molar-refractivity contribution < 1.29 is 13.9 Å². The minimum atomic E-state index is -3.70. The molecule has 244 valence electrons. The van der Waals surface area contributed by atoms with Crippen LogP contribution in [0.3, 0.4) is 0 Å². The van der Waals surface area contributed by atoms with E-state index in [0.29, 0.717) is 0 Å².